The van der Waals surface area contributed by atoms with E-state index in [9.17, 15) is 4.79 Å². The topological polar surface area (TPSA) is 38.3 Å². The Bertz CT molecular complexity index is 613. The van der Waals surface area contributed by atoms with Crippen LogP contribution in [0.1, 0.15) is 22.2 Å². The van der Waals surface area contributed by atoms with Gasteiger partial charge in [0.1, 0.15) is 5.75 Å². The Morgan fingerprint density at radius 1 is 1.35 bits per heavy atom. The van der Waals surface area contributed by atoms with E-state index in [4.69, 9.17) is 4.74 Å². The first kappa shape index (κ1) is 15.5. The van der Waals surface area contributed by atoms with Crippen LogP contribution in [-0.4, -0.2) is 12.5 Å². The Morgan fingerprint density at radius 3 is 2.75 bits per heavy atom. The predicted octanol–water partition coefficient (Wildman–Crippen LogP) is 5.06. The molecule has 2 rings (SSSR count). The molecule has 1 N–H and O–H groups in total. The number of nitrogens with one attached hydrogen (secondary N) is 1. The van der Waals surface area contributed by atoms with E-state index >= 15 is 0 Å². The molecule has 1 heterocycles. The van der Waals surface area contributed by atoms with Gasteiger partial charge in [-0.25, -0.2) is 0 Å². The zero-order valence-corrected chi connectivity index (χ0v) is 14.8. The van der Waals surface area contributed by atoms with Gasteiger partial charge in [-0.1, -0.05) is 15.9 Å². The van der Waals surface area contributed by atoms with Gasteiger partial charge >= 0.3 is 0 Å². The quantitative estimate of drug-likeness (QED) is 0.689. The average Bonchev–Trinajstić information content (AvgIpc) is 2.87. The van der Waals surface area contributed by atoms with Crippen molar-refractivity contribution in [2.75, 3.05) is 11.9 Å². The Balaban J connectivity index is 2.15. The summed E-state index contributed by atoms with van der Waals surface area (Å²) in [7, 11) is 0. The standard InChI is InChI=1S/C14H13Br2NO2S/c1-2-19-11-4-3-10(7-9(11)8-15)17-14(18)12-5-6-13(16)20-12/h3-7H,2,8H2,1H3,(H,17,18). The minimum Gasteiger partial charge on any atom is -0.494 e. The maximum absolute atomic E-state index is 12.1. The number of carbonyl (C=O) groups excluding carboxylic acids is 1. The molecule has 20 heavy (non-hydrogen) atoms. The van der Waals surface area contributed by atoms with E-state index in [1.165, 1.54) is 11.3 Å². The number of amides is 1. The monoisotopic (exact) mass is 417 g/mol. The highest BCUT2D eigenvalue weighted by Gasteiger charge is 2.10. The fourth-order valence-corrected chi connectivity index (χ4v) is 3.41. The maximum Gasteiger partial charge on any atom is 0.265 e. The highest BCUT2D eigenvalue weighted by atomic mass is 79.9. The second-order valence-corrected chi connectivity index (χ2v) is 6.97. The molecule has 0 saturated carbocycles. The number of thiophene rings is 1. The second-order valence-electron chi connectivity index (χ2n) is 3.95. The SMILES string of the molecule is CCOc1ccc(NC(=O)c2ccc(Br)s2)cc1CBr. The fourth-order valence-electron chi connectivity index (χ4n) is 1.69. The van der Waals surface area contributed by atoms with Gasteiger partial charge in [-0.2, -0.15) is 0 Å². The smallest absolute Gasteiger partial charge is 0.265 e. The lowest BCUT2D eigenvalue weighted by atomic mass is 10.2. The molecule has 0 radical (unpaired) electrons. The highest BCUT2D eigenvalue weighted by Crippen LogP contribution is 2.27. The average molecular weight is 419 g/mol. The molecular formula is C14H13Br2NO2S. The zero-order chi connectivity index (χ0) is 14.5. The molecule has 106 valence electrons. The largest absolute Gasteiger partial charge is 0.494 e. The molecular weight excluding hydrogens is 406 g/mol. The number of hydrogen-bond donors (Lipinski definition) is 1. The van der Waals surface area contributed by atoms with E-state index in [1.54, 1.807) is 6.07 Å². The molecule has 1 aromatic heterocycles. The molecule has 0 aliphatic rings. The number of hydrogen-bond acceptors (Lipinski definition) is 3. The second kappa shape index (κ2) is 7.24. The molecule has 0 spiro atoms. The molecule has 6 heteroatoms. The third kappa shape index (κ3) is 3.84. The molecule has 1 aromatic carbocycles. The van der Waals surface area contributed by atoms with Crippen molar-refractivity contribution in [3.8, 4) is 5.75 Å². The summed E-state index contributed by atoms with van der Waals surface area (Å²) in [6.45, 7) is 2.57. The molecule has 0 saturated heterocycles. The first-order valence-corrected chi connectivity index (χ1v) is 8.75. The first-order valence-electron chi connectivity index (χ1n) is 6.02. The number of rotatable bonds is 5. The van der Waals surface area contributed by atoms with Crippen LogP contribution in [0, 0.1) is 0 Å². The van der Waals surface area contributed by atoms with Gasteiger partial charge in [-0.15, -0.1) is 11.3 Å². The van der Waals surface area contributed by atoms with E-state index < -0.39 is 0 Å². The number of alkyl halides is 1. The highest BCUT2D eigenvalue weighted by molar-refractivity contribution is 9.11. The van der Waals surface area contributed by atoms with Crippen LogP contribution in [0.25, 0.3) is 0 Å². The molecule has 1 amide bonds. The number of halogens is 2. The van der Waals surface area contributed by atoms with E-state index in [0.717, 1.165) is 20.8 Å². The van der Waals surface area contributed by atoms with E-state index in [0.29, 0.717) is 16.8 Å². The fraction of sp³-hybridized carbons (Fsp3) is 0.214. The van der Waals surface area contributed by atoms with Gasteiger partial charge in [0.25, 0.3) is 5.91 Å². The van der Waals surface area contributed by atoms with Crippen LogP contribution < -0.4 is 10.1 Å². The van der Waals surface area contributed by atoms with Gasteiger partial charge in [-0.3, -0.25) is 4.79 Å². The Morgan fingerprint density at radius 2 is 2.15 bits per heavy atom. The first-order chi connectivity index (χ1) is 9.63. The summed E-state index contributed by atoms with van der Waals surface area (Å²) in [5.41, 5.74) is 1.77. The summed E-state index contributed by atoms with van der Waals surface area (Å²) in [5.74, 6) is 0.728. The van der Waals surface area contributed by atoms with Gasteiger partial charge in [-0.05, 0) is 53.2 Å². The number of anilines is 1. The van der Waals surface area contributed by atoms with Crippen LogP contribution in [-0.2, 0) is 5.33 Å². The minimum atomic E-state index is -0.106. The zero-order valence-electron chi connectivity index (χ0n) is 10.8. The molecule has 0 bridgehead atoms. The lowest BCUT2D eigenvalue weighted by Crippen LogP contribution is -2.10. The van der Waals surface area contributed by atoms with Crippen LogP contribution in [0.4, 0.5) is 5.69 Å². The lowest BCUT2D eigenvalue weighted by molar-refractivity contribution is 0.103. The normalized spacial score (nSPS) is 10.3. The third-order valence-electron chi connectivity index (χ3n) is 2.56. The van der Waals surface area contributed by atoms with Gasteiger partial charge in [0, 0.05) is 16.6 Å². The summed E-state index contributed by atoms with van der Waals surface area (Å²) in [6.07, 6.45) is 0. The van der Waals surface area contributed by atoms with Crippen molar-refractivity contribution >= 4 is 54.8 Å². The number of carbonyl (C=O) groups is 1. The van der Waals surface area contributed by atoms with Crippen molar-refractivity contribution in [1.82, 2.24) is 0 Å². The Hall–Kier alpha value is -0.850. The van der Waals surface area contributed by atoms with Crippen LogP contribution in [0.5, 0.6) is 5.75 Å². The Labute approximate surface area is 138 Å². The Kier molecular flexibility index (Phi) is 5.63. The van der Waals surface area contributed by atoms with E-state index in [2.05, 4.69) is 37.2 Å². The summed E-state index contributed by atoms with van der Waals surface area (Å²) < 4.78 is 6.47. The van der Waals surface area contributed by atoms with Gasteiger partial charge in [0.15, 0.2) is 0 Å². The van der Waals surface area contributed by atoms with Gasteiger partial charge in [0.05, 0.1) is 15.3 Å². The maximum atomic E-state index is 12.1. The summed E-state index contributed by atoms with van der Waals surface area (Å²) >= 11 is 8.19. The minimum absolute atomic E-state index is 0.106. The summed E-state index contributed by atoms with van der Waals surface area (Å²) in [5, 5.41) is 3.57. The third-order valence-corrected chi connectivity index (χ3v) is 4.79. The van der Waals surface area contributed by atoms with Crippen molar-refractivity contribution in [3.05, 3.63) is 44.6 Å². The predicted molar refractivity (Wildman–Crippen MR) is 90.2 cm³/mol. The van der Waals surface area contributed by atoms with Crippen LogP contribution >= 0.6 is 43.2 Å². The van der Waals surface area contributed by atoms with Crippen LogP contribution in [0.15, 0.2) is 34.1 Å². The van der Waals surface area contributed by atoms with Crippen molar-refractivity contribution in [2.45, 2.75) is 12.3 Å². The molecule has 0 fully saturated rings. The summed E-state index contributed by atoms with van der Waals surface area (Å²) in [4.78, 5) is 12.7. The molecule has 0 unspecified atom stereocenters. The summed E-state index contributed by atoms with van der Waals surface area (Å²) in [6, 6.07) is 9.30. The van der Waals surface area contributed by atoms with Gasteiger partial charge in [0.2, 0.25) is 0 Å². The van der Waals surface area contributed by atoms with E-state index in [-0.39, 0.29) is 5.91 Å². The number of ether oxygens (including phenoxy) is 1. The number of benzene rings is 1. The molecule has 0 atom stereocenters. The molecule has 0 aliphatic heterocycles. The van der Waals surface area contributed by atoms with E-state index in [1.807, 2.05) is 31.2 Å². The lowest BCUT2D eigenvalue weighted by Gasteiger charge is -2.11. The van der Waals surface area contributed by atoms with Crippen LogP contribution in [0.3, 0.4) is 0 Å². The molecule has 3 nitrogen and oxygen atoms in total. The molecule has 0 aliphatic carbocycles. The van der Waals surface area contributed by atoms with Crippen LogP contribution in [0.2, 0.25) is 0 Å². The molecule has 2 aromatic rings. The van der Waals surface area contributed by atoms with Gasteiger partial charge < -0.3 is 10.1 Å². The van der Waals surface area contributed by atoms with Crippen molar-refractivity contribution in [2.24, 2.45) is 0 Å². The van der Waals surface area contributed by atoms with Crippen molar-refractivity contribution in [1.29, 1.82) is 0 Å². The van der Waals surface area contributed by atoms with Crippen molar-refractivity contribution in [3.63, 3.8) is 0 Å². The van der Waals surface area contributed by atoms with Crippen molar-refractivity contribution < 1.29 is 9.53 Å².